The van der Waals surface area contributed by atoms with E-state index in [0.717, 1.165) is 28.1 Å². The third-order valence-corrected chi connectivity index (χ3v) is 5.71. The van der Waals surface area contributed by atoms with Gasteiger partial charge in [-0.2, -0.15) is 0 Å². The van der Waals surface area contributed by atoms with Gasteiger partial charge in [0.05, 0.1) is 24.3 Å². The van der Waals surface area contributed by atoms with Crippen molar-refractivity contribution in [2.75, 3.05) is 13.7 Å². The molecular weight excluding hydrogens is 412 g/mol. The highest BCUT2D eigenvalue weighted by Crippen LogP contribution is 2.36. The molecule has 0 spiro atoms. The SMILES string of the molecule is CCOc1cccc(C2C=C(c3cccc(OC)c3)NC(c3ccccc3Cl)[NH2+]2)c1O. The molecule has 0 bridgehead atoms. The first-order valence-electron chi connectivity index (χ1n) is 10.3. The number of phenols is 1. The molecular formula is C25H26ClN2O3+. The van der Waals surface area contributed by atoms with Crippen molar-refractivity contribution in [3.63, 3.8) is 0 Å². The van der Waals surface area contributed by atoms with Crippen molar-refractivity contribution < 1.29 is 19.9 Å². The number of quaternary nitrogens is 1. The Balaban J connectivity index is 1.79. The summed E-state index contributed by atoms with van der Waals surface area (Å²) in [5.41, 5.74) is 3.69. The van der Waals surface area contributed by atoms with Crippen LogP contribution in [-0.4, -0.2) is 18.8 Å². The van der Waals surface area contributed by atoms with Crippen LogP contribution in [0.25, 0.3) is 5.70 Å². The Morgan fingerprint density at radius 3 is 2.58 bits per heavy atom. The summed E-state index contributed by atoms with van der Waals surface area (Å²) >= 11 is 6.52. The number of ether oxygens (including phenoxy) is 2. The highest BCUT2D eigenvalue weighted by atomic mass is 35.5. The van der Waals surface area contributed by atoms with Crippen LogP contribution in [0.3, 0.4) is 0 Å². The van der Waals surface area contributed by atoms with Gasteiger partial charge in [0.2, 0.25) is 0 Å². The van der Waals surface area contributed by atoms with Crippen LogP contribution in [0, 0.1) is 0 Å². The van der Waals surface area contributed by atoms with E-state index in [1.165, 1.54) is 0 Å². The van der Waals surface area contributed by atoms with E-state index in [4.69, 9.17) is 21.1 Å². The standard InChI is InChI=1S/C25H25ClN2O3/c1-3-31-23-13-7-11-19(24(23)29)22-15-21(16-8-6-9-17(14-16)30-2)27-25(28-22)18-10-4-5-12-20(18)26/h4-15,22,25,27-29H,3H2,1-2H3/p+1. The summed E-state index contributed by atoms with van der Waals surface area (Å²) < 4.78 is 11.0. The van der Waals surface area contributed by atoms with Crippen LogP contribution < -0.4 is 20.1 Å². The number of hydrogen-bond donors (Lipinski definition) is 3. The van der Waals surface area contributed by atoms with Crippen molar-refractivity contribution in [2.45, 2.75) is 19.1 Å². The van der Waals surface area contributed by atoms with Crippen LogP contribution in [0.4, 0.5) is 0 Å². The highest BCUT2D eigenvalue weighted by Gasteiger charge is 2.31. The Kier molecular flexibility index (Phi) is 6.35. The first kappa shape index (κ1) is 21.1. The molecule has 4 N–H and O–H groups in total. The zero-order valence-corrected chi connectivity index (χ0v) is 18.3. The van der Waals surface area contributed by atoms with Gasteiger partial charge in [0.15, 0.2) is 17.7 Å². The van der Waals surface area contributed by atoms with Gasteiger partial charge in [0, 0.05) is 22.9 Å². The lowest BCUT2D eigenvalue weighted by Gasteiger charge is -2.30. The van der Waals surface area contributed by atoms with E-state index >= 15 is 0 Å². The summed E-state index contributed by atoms with van der Waals surface area (Å²) in [5.74, 6) is 1.42. The van der Waals surface area contributed by atoms with Crippen LogP contribution in [0.2, 0.25) is 5.02 Å². The van der Waals surface area contributed by atoms with Crippen LogP contribution in [0.15, 0.2) is 72.8 Å². The Labute approximate surface area is 187 Å². The van der Waals surface area contributed by atoms with Crippen molar-refractivity contribution >= 4 is 17.3 Å². The molecule has 0 saturated carbocycles. The first-order valence-corrected chi connectivity index (χ1v) is 10.7. The number of nitrogens with two attached hydrogens (primary N) is 1. The van der Waals surface area contributed by atoms with E-state index in [0.29, 0.717) is 17.4 Å². The fourth-order valence-corrected chi connectivity index (χ4v) is 4.11. The first-order chi connectivity index (χ1) is 15.1. The molecule has 0 aromatic heterocycles. The maximum Gasteiger partial charge on any atom is 0.188 e. The lowest BCUT2D eigenvalue weighted by Crippen LogP contribution is -2.89. The molecule has 31 heavy (non-hydrogen) atoms. The molecule has 0 amide bonds. The molecule has 0 saturated heterocycles. The van der Waals surface area contributed by atoms with Gasteiger partial charge in [-0.15, -0.1) is 0 Å². The summed E-state index contributed by atoms with van der Waals surface area (Å²) in [7, 11) is 1.65. The van der Waals surface area contributed by atoms with Crippen molar-refractivity contribution in [3.05, 3.63) is 94.5 Å². The molecule has 2 atom stereocenters. The van der Waals surface area contributed by atoms with Gasteiger partial charge in [-0.25, -0.2) is 0 Å². The minimum absolute atomic E-state index is 0.139. The maximum absolute atomic E-state index is 10.9. The smallest absolute Gasteiger partial charge is 0.188 e. The van der Waals surface area contributed by atoms with Gasteiger partial charge in [0.1, 0.15) is 11.8 Å². The Morgan fingerprint density at radius 2 is 1.81 bits per heavy atom. The third-order valence-electron chi connectivity index (χ3n) is 5.37. The van der Waals surface area contributed by atoms with Crippen LogP contribution in [0.1, 0.15) is 35.8 Å². The molecule has 2 unspecified atom stereocenters. The molecule has 1 aliphatic heterocycles. The summed E-state index contributed by atoms with van der Waals surface area (Å²) in [6, 6.07) is 21.1. The van der Waals surface area contributed by atoms with E-state index in [1.807, 2.05) is 67.6 Å². The van der Waals surface area contributed by atoms with E-state index in [9.17, 15) is 5.11 Å². The van der Waals surface area contributed by atoms with Gasteiger partial charge in [-0.1, -0.05) is 41.9 Å². The van der Waals surface area contributed by atoms with Gasteiger partial charge < -0.3 is 25.2 Å². The normalized spacial score (nSPS) is 18.1. The fourth-order valence-electron chi connectivity index (χ4n) is 3.86. The summed E-state index contributed by atoms with van der Waals surface area (Å²) in [5, 5.41) is 17.3. The molecule has 0 radical (unpaired) electrons. The van der Waals surface area contributed by atoms with Crippen molar-refractivity contribution in [1.82, 2.24) is 5.32 Å². The lowest BCUT2D eigenvalue weighted by atomic mass is 9.97. The second kappa shape index (κ2) is 9.33. The van der Waals surface area contributed by atoms with Crippen molar-refractivity contribution in [1.29, 1.82) is 0 Å². The molecule has 1 heterocycles. The Hall–Kier alpha value is -3.15. The molecule has 4 rings (SSSR count). The lowest BCUT2D eigenvalue weighted by molar-refractivity contribution is -0.731. The summed E-state index contributed by atoms with van der Waals surface area (Å²) in [6.45, 7) is 2.39. The van der Waals surface area contributed by atoms with E-state index < -0.39 is 0 Å². The van der Waals surface area contributed by atoms with Crippen molar-refractivity contribution in [2.24, 2.45) is 0 Å². The number of benzene rings is 3. The minimum atomic E-state index is -0.149. The third kappa shape index (κ3) is 4.48. The molecule has 5 nitrogen and oxygen atoms in total. The molecule has 6 heteroatoms. The minimum Gasteiger partial charge on any atom is -0.504 e. The van der Waals surface area contributed by atoms with Crippen LogP contribution in [0.5, 0.6) is 17.2 Å². The van der Waals surface area contributed by atoms with Crippen LogP contribution in [-0.2, 0) is 0 Å². The number of nitrogens with one attached hydrogen (secondary N) is 1. The molecule has 0 aliphatic carbocycles. The number of hydrogen-bond acceptors (Lipinski definition) is 4. The highest BCUT2D eigenvalue weighted by molar-refractivity contribution is 6.31. The maximum atomic E-state index is 10.9. The van der Waals surface area contributed by atoms with Gasteiger partial charge >= 0.3 is 0 Å². The zero-order chi connectivity index (χ0) is 21.8. The predicted molar refractivity (Wildman–Crippen MR) is 122 cm³/mol. The number of aromatic hydroxyl groups is 1. The Morgan fingerprint density at radius 1 is 1.03 bits per heavy atom. The summed E-state index contributed by atoms with van der Waals surface area (Å²) in [6.07, 6.45) is 1.97. The van der Waals surface area contributed by atoms with Gasteiger partial charge in [-0.3, -0.25) is 0 Å². The molecule has 0 fully saturated rings. The Bertz CT molecular complexity index is 1100. The quantitative estimate of drug-likeness (QED) is 0.534. The van der Waals surface area contributed by atoms with Gasteiger partial charge in [-0.05, 0) is 43.3 Å². The topological polar surface area (TPSA) is 67.3 Å². The van der Waals surface area contributed by atoms with E-state index in [-0.39, 0.29) is 18.0 Å². The number of methoxy groups -OCH3 is 1. The van der Waals surface area contributed by atoms with Gasteiger partial charge in [0.25, 0.3) is 0 Å². The number of phenolic OH excluding ortho intramolecular Hbond substituents is 1. The average Bonchev–Trinajstić information content (AvgIpc) is 2.80. The average molecular weight is 438 g/mol. The molecule has 1 aliphatic rings. The van der Waals surface area contributed by atoms with Crippen LogP contribution >= 0.6 is 11.6 Å². The molecule has 3 aromatic carbocycles. The molecule has 160 valence electrons. The number of rotatable bonds is 6. The van der Waals surface area contributed by atoms with Crippen molar-refractivity contribution in [3.8, 4) is 17.2 Å². The largest absolute Gasteiger partial charge is 0.504 e. The summed E-state index contributed by atoms with van der Waals surface area (Å²) in [4.78, 5) is 0. The fraction of sp³-hybridized carbons (Fsp3) is 0.200. The second-order valence-corrected chi connectivity index (χ2v) is 7.71. The monoisotopic (exact) mass is 437 g/mol. The number of para-hydroxylation sites is 1. The number of halogens is 1. The molecule has 3 aromatic rings. The predicted octanol–water partition coefficient (Wildman–Crippen LogP) is 4.40. The second-order valence-electron chi connectivity index (χ2n) is 7.30. The zero-order valence-electron chi connectivity index (χ0n) is 17.5. The van der Waals surface area contributed by atoms with E-state index in [1.54, 1.807) is 13.2 Å². The van der Waals surface area contributed by atoms with E-state index in [2.05, 4.69) is 16.7 Å².